The van der Waals surface area contributed by atoms with Gasteiger partial charge in [0.1, 0.15) is 0 Å². The molecule has 0 aromatic rings. The van der Waals surface area contributed by atoms with E-state index in [0.29, 0.717) is 5.92 Å². The largest absolute Gasteiger partial charge is 0.357 e. The summed E-state index contributed by atoms with van der Waals surface area (Å²) in [6.45, 7) is 11.1. The van der Waals surface area contributed by atoms with Gasteiger partial charge in [0.15, 0.2) is 5.96 Å². The van der Waals surface area contributed by atoms with Gasteiger partial charge in [-0.3, -0.25) is 14.7 Å². The van der Waals surface area contributed by atoms with Crippen molar-refractivity contribution in [3.8, 4) is 0 Å². The molecule has 2 N–H and O–H groups in total. The van der Waals surface area contributed by atoms with Crippen LogP contribution in [0.5, 0.6) is 0 Å². The Morgan fingerprint density at radius 3 is 2.71 bits per heavy atom. The Bertz CT molecular complexity index is 395. The van der Waals surface area contributed by atoms with Gasteiger partial charge in [-0.2, -0.15) is 0 Å². The molecule has 1 atom stereocenters. The molecule has 1 fully saturated rings. The number of nitrogens with zero attached hydrogens (tertiary/aromatic N) is 3. The molecule has 6 nitrogen and oxygen atoms in total. The van der Waals surface area contributed by atoms with E-state index in [1.807, 2.05) is 14.1 Å². The van der Waals surface area contributed by atoms with E-state index in [-0.39, 0.29) is 11.9 Å². The minimum Gasteiger partial charge on any atom is -0.357 e. The molecule has 6 heteroatoms. The Labute approximate surface area is 148 Å². The summed E-state index contributed by atoms with van der Waals surface area (Å²) in [4.78, 5) is 20.9. The van der Waals surface area contributed by atoms with E-state index < -0.39 is 0 Å². The van der Waals surface area contributed by atoms with Crippen molar-refractivity contribution in [3.05, 3.63) is 0 Å². The Balaban J connectivity index is 2.36. The normalized spacial score (nSPS) is 18.9. The van der Waals surface area contributed by atoms with Crippen LogP contribution in [0.3, 0.4) is 0 Å². The van der Waals surface area contributed by atoms with Gasteiger partial charge in [0, 0.05) is 40.3 Å². The number of nitrogens with one attached hydrogen (secondary N) is 2. The quantitative estimate of drug-likeness (QED) is 0.380. The molecule has 140 valence electrons. The fourth-order valence-electron chi connectivity index (χ4n) is 2.96. The number of hydrogen-bond donors (Lipinski definition) is 2. The zero-order valence-electron chi connectivity index (χ0n) is 16.3. The molecule has 1 heterocycles. The van der Waals surface area contributed by atoms with Crippen LogP contribution in [0, 0.1) is 5.92 Å². The third kappa shape index (κ3) is 7.51. The van der Waals surface area contributed by atoms with Crippen molar-refractivity contribution in [2.75, 3.05) is 46.8 Å². The molecule has 0 aromatic heterocycles. The Kier molecular flexibility index (Phi) is 9.76. The molecule has 24 heavy (non-hydrogen) atoms. The summed E-state index contributed by atoms with van der Waals surface area (Å²) in [6.07, 6.45) is 4.23. The summed E-state index contributed by atoms with van der Waals surface area (Å²) in [7, 11) is 3.68. The fraction of sp³-hybridized carbons (Fsp3) is 0.889. The van der Waals surface area contributed by atoms with Gasteiger partial charge < -0.3 is 15.5 Å². The van der Waals surface area contributed by atoms with Gasteiger partial charge in [-0.15, -0.1) is 0 Å². The van der Waals surface area contributed by atoms with Crippen LogP contribution in [0.25, 0.3) is 0 Å². The monoisotopic (exact) mass is 339 g/mol. The maximum Gasteiger partial charge on any atom is 0.239 e. The summed E-state index contributed by atoms with van der Waals surface area (Å²) in [6, 6.07) is 0.0707. The van der Waals surface area contributed by atoms with E-state index in [1.165, 1.54) is 0 Å². The zero-order valence-corrected chi connectivity index (χ0v) is 16.3. The number of carbonyl (C=O) groups is 1. The molecular weight excluding hydrogens is 302 g/mol. The summed E-state index contributed by atoms with van der Waals surface area (Å²) >= 11 is 0. The standard InChI is InChI=1S/C18H37N5O/c1-6-19-18(21-12-10-15(2)3)20-11-8-14-23-13-7-9-16(23)17(24)22(4)5/h15-16H,6-14H2,1-5H3,(H2,19,20,21). The molecule has 1 amide bonds. The van der Waals surface area contributed by atoms with Gasteiger partial charge in [-0.25, -0.2) is 0 Å². The topological polar surface area (TPSA) is 60.0 Å². The third-order valence-corrected chi connectivity index (χ3v) is 4.32. The zero-order chi connectivity index (χ0) is 17.9. The van der Waals surface area contributed by atoms with Crippen LogP contribution in [0.4, 0.5) is 0 Å². The summed E-state index contributed by atoms with van der Waals surface area (Å²) in [5.41, 5.74) is 0. The maximum absolute atomic E-state index is 12.2. The van der Waals surface area contributed by atoms with Gasteiger partial charge in [0.05, 0.1) is 6.04 Å². The molecule has 0 radical (unpaired) electrons. The van der Waals surface area contributed by atoms with Gasteiger partial charge in [-0.1, -0.05) is 13.8 Å². The summed E-state index contributed by atoms with van der Waals surface area (Å²) in [5.74, 6) is 1.84. The highest BCUT2D eigenvalue weighted by atomic mass is 16.2. The van der Waals surface area contributed by atoms with E-state index in [2.05, 4.69) is 41.3 Å². The van der Waals surface area contributed by atoms with Crippen LogP contribution < -0.4 is 10.6 Å². The number of hydrogen-bond acceptors (Lipinski definition) is 3. The molecule has 1 rings (SSSR count). The lowest BCUT2D eigenvalue weighted by molar-refractivity contribution is -0.133. The van der Waals surface area contributed by atoms with E-state index in [9.17, 15) is 4.79 Å². The first-order chi connectivity index (χ1) is 11.5. The number of guanidine groups is 1. The number of likely N-dealkylation sites (N-methyl/N-ethyl adjacent to an activating group) is 1. The molecule has 1 aliphatic rings. The van der Waals surface area contributed by atoms with Crippen molar-refractivity contribution < 1.29 is 4.79 Å². The second-order valence-electron chi connectivity index (χ2n) is 7.15. The minimum atomic E-state index is 0.0707. The molecule has 1 aliphatic heterocycles. The van der Waals surface area contributed by atoms with E-state index >= 15 is 0 Å². The van der Waals surface area contributed by atoms with Crippen LogP contribution in [-0.2, 0) is 4.79 Å². The number of likely N-dealkylation sites (tertiary alicyclic amines) is 1. The van der Waals surface area contributed by atoms with Crippen LogP contribution in [0.2, 0.25) is 0 Å². The average Bonchev–Trinajstić information content (AvgIpc) is 2.98. The van der Waals surface area contributed by atoms with E-state index in [4.69, 9.17) is 0 Å². The first-order valence-corrected chi connectivity index (χ1v) is 9.43. The number of amides is 1. The number of aliphatic imine (C=N–C) groups is 1. The first kappa shape index (κ1) is 20.7. The first-order valence-electron chi connectivity index (χ1n) is 9.43. The Morgan fingerprint density at radius 2 is 2.08 bits per heavy atom. The van der Waals surface area contributed by atoms with Crippen molar-refractivity contribution >= 4 is 11.9 Å². The lowest BCUT2D eigenvalue weighted by Gasteiger charge is -2.25. The molecule has 1 unspecified atom stereocenters. The molecule has 0 bridgehead atoms. The highest BCUT2D eigenvalue weighted by molar-refractivity contribution is 5.81. The van der Waals surface area contributed by atoms with Gasteiger partial charge in [0.2, 0.25) is 5.91 Å². The molecular formula is C18H37N5O. The van der Waals surface area contributed by atoms with Gasteiger partial charge >= 0.3 is 0 Å². The van der Waals surface area contributed by atoms with Crippen LogP contribution in [0.1, 0.15) is 46.5 Å². The second-order valence-corrected chi connectivity index (χ2v) is 7.15. The predicted octanol–water partition coefficient (Wildman–Crippen LogP) is 1.53. The molecule has 0 aromatic carbocycles. The SMILES string of the molecule is CCNC(=NCCCN1CCCC1C(=O)N(C)C)NCCC(C)C. The Hall–Kier alpha value is -1.30. The summed E-state index contributed by atoms with van der Waals surface area (Å²) in [5, 5.41) is 6.68. The second kappa shape index (κ2) is 11.3. The highest BCUT2D eigenvalue weighted by Gasteiger charge is 2.30. The van der Waals surface area contributed by atoms with Crippen molar-refractivity contribution in [1.29, 1.82) is 0 Å². The lowest BCUT2D eigenvalue weighted by Crippen LogP contribution is -2.43. The number of carbonyl (C=O) groups excluding carboxylic acids is 1. The van der Waals surface area contributed by atoms with Crippen molar-refractivity contribution in [1.82, 2.24) is 20.4 Å². The lowest BCUT2D eigenvalue weighted by atomic mass is 10.1. The maximum atomic E-state index is 12.2. The highest BCUT2D eigenvalue weighted by Crippen LogP contribution is 2.18. The summed E-state index contributed by atoms with van der Waals surface area (Å²) < 4.78 is 0. The van der Waals surface area contributed by atoms with Crippen molar-refractivity contribution in [3.63, 3.8) is 0 Å². The van der Waals surface area contributed by atoms with Crippen molar-refractivity contribution in [2.24, 2.45) is 10.9 Å². The van der Waals surface area contributed by atoms with Crippen LogP contribution in [0.15, 0.2) is 4.99 Å². The number of rotatable bonds is 9. The minimum absolute atomic E-state index is 0.0707. The van der Waals surface area contributed by atoms with Gasteiger partial charge in [0.25, 0.3) is 0 Å². The smallest absolute Gasteiger partial charge is 0.239 e. The molecule has 0 saturated carbocycles. The van der Waals surface area contributed by atoms with E-state index in [1.54, 1.807) is 4.90 Å². The molecule has 0 spiro atoms. The molecule has 0 aliphatic carbocycles. The van der Waals surface area contributed by atoms with Crippen LogP contribution >= 0.6 is 0 Å². The third-order valence-electron chi connectivity index (χ3n) is 4.32. The van der Waals surface area contributed by atoms with Crippen LogP contribution in [-0.4, -0.2) is 74.5 Å². The Morgan fingerprint density at radius 1 is 1.33 bits per heavy atom. The molecule has 1 saturated heterocycles. The van der Waals surface area contributed by atoms with E-state index in [0.717, 1.165) is 64.4 Å². The van der Waals surface area contributed by atoms with Gasteiger partial charge in [-0.05, 0) is 45.1 Å². The van der Waals surface area contributed by atoms with Crippen molar-refractivity contribution in [2.45, 2.75) is 52.5 Å². The predicted molar refractivity (Wildman–Crippen MR) is 101 cm³/mol. The fourth-order valence-corrected chi connectivity index (χ4v) is 2.96. The average molecular weight is 340 g/mol.